The first-order valence-corrected chi connectivity index (χ1v) is 3.31. The summed E-state index contributed by atoms with van der Waals surface area (Å²) in [7, 11) is 0. The van der Waals surface area contributed by atoms with Gasteiger partial charge in [-0.25, -0.2) is 0 Å². The molecule has 0 aromatic rings. The Labute approximate surface area is 56.7 Å². The smallest absolute Gasteiger partial charge is 0.177 e. The van der Waals surface area contributed by atoms with Crippen LogP contribution >= 0.6 is 0 Å². The fourth-order valence-corrected chi connectivity index (χ4v) is 0.448. The zero-order valence-electron chi connectivity index (χ0n) is 6.40. The second-order valence-electron chi connectivity index (χ2n) is 2.59. The van der Waals surface area contributed by atoms with Gasteiger partial charge in [0.1, 0.15) is 0 Å². The molecule has 0 fully saturated rings. The van der Waals surface area contributed by atoms with Crippen LogP contribution in [0.1, 0.15) is 27.2 Å². The highest BCUT2D eigenvalue weighted by Gasteiger charge is 1.93. The summed E-state index contributed by atoms with van der Waals surface area (Å²) in [6.45, 7) is 6.62. The van der Waals surface area contributed by atoms with Crippen LogP contribution in [0.15, 0.2) is 0 Å². The summed E-state index contributed by atoms with van der Waals surface area (Å²) in [6, 6.07) is 0. The molecule has 0 bridgehead atoms. The molecular formula is C7H15NO. The van der Waals surface area contributed by atoms with Crippen LogP contribution in [0.3, 0.4) is 0 Å². The minimum atomic E-state index is 0.315. The molecule has 0 saturated carbocycles. The zero-order valence-corrected chi connectivity index (χ0v) is 6.40. The summed E-state index contributed by atoms with van der Waals surface area (Å²) < 4.78 is 4.94. The Morgan fingerprint density at radius 3 is 2.44 bits per heavy atom. The van der Waals surface area contributed by atoms with Crippen molar-refractivity contribution >= 4 is 5.90 Å². The zero-order chi connectivity index (χ0) is 7.28. The topological polar surface area (TPSA) is 33.1 Å². The van der Waals surface area contributed by atoms with Crippen LogP contribution in [-0.2, 0) is 4.74 Å². The van der Waals surface area contributed by atoms with Gasteiger partial charge in [0.15, 0.2) is 5.90 Å². The summed E-state index contributed by atoms with van der Waals surface area (Å²) in [6.07, 6.45) is 1.04. The minimum absolute atomic E-state index is 0.315. The lowest BCUT2D eigenvalue weighted by Crippen LogP contribution is -2.02. The number of hydrogen-bond donors (Lipinski definition) is 1. The summed E-state index contributed by atoms with van der Waals surface area (Å²) in [5.41, 5.74) is 0. The molecule has 2 heteroatoms. The van der Waals surface area contributed by atoms with Crippen LogP contribution < -0.4 is 0 Å². The van der Waals surface area contributed by atoms with Crippen molar-refractivity contribution in [1.29, 1.82) is 5.41 Å². The standard InChI is InChI=1S/C7H15NO/c1-6(2)4-5-9-7(3)8/h6,8H,4-5H2,1-3H3. The first-order valence-electron chi connectivity index (χ1n) is 3.31. The third-order valence-corrected chi connectivity index (χ3v) is 1.01. The molecule has 0 aromatic heterocycles. The fraction of sp³-hybridized carbons (Fsp3) is 0.857. The van der Waals surface area contributed by atoms with Crippen molar-refractivity contribution < 1.29 is 4.74 Å². The molecule has 0 aliphatic heterocycles. The molecule has 0 spiro atoms. The van der Waals surface area contributed by atoms with Crippen molar-refractivity contribution in [3.63, 3.8) is 0 Å². The molecule has 0 atom stereocenters. The fourth-order valence-electron chi connectivity index (χ4n) is 0.448. The van der Waals surface area contributed by atoms with Gasteiger partial charge in [-0.05, 0) is 12.3 Å². The van der Waals surface area contributed by atoms with Gasteiger partial charge < -0.3 is 4.74 Å². The van der Waals surface area contributed by atoms with E-state index in [-0.39, 0.29) is 0 Å². The maximum absolute atomic E-state index is 6.92. The molecule has 2 nitrogen and oxygen atoms in total. The summed E-state index contributed by atoms with van der Waals surface area (Å²) >= 11 is 0. The molecule has 54 valence electrons. The first-order chi connectivity index (χ1) is 4.13. The van der Waals surface area contributed by atoms with E-state index in [4.69, 9.17) is 10.1 Å². The van der Waals surface area contributed by atoms with Crippen molar-refractivity contribution in [2.75, 3.05) is 6.61 Å². The van der Waals surface area contributed by atoms with E-state index in [1.54, 1.807) is 6.92 Å². The molecule has 0 aliphatic carbocycles. The van der Waals surface area contributed by atoms with Crippen LogP contribution in [0.2, 0.25) is 0 Å². The van der Waals surface area contributed by atoms with E-state index in [1.165, 1.54) is 0 Å². The van der Waals surface area contributed by atoms with Gasteiger partial charge in [-0.1, -0.05) is 13.8 Å². The predicted octanol–water partition coefficient (Wildman–Crippen LogP) is 2.05. The lowest BCUT2D eigenvalue weighted by molar-refractivity contribution is 0.273. The van der Waals surface area contributed by atoms with Gasteiger partial charge in [-0.15, -0.1) is 0 Å². The Balaban J connectivity index is 3.01. The third kappa shape index (κ3) is 7.47. The number of nitrogens with one attached hydrogen (secondary N) is 1. The molecule has 0 saturated heterocycles. The monoisotopic (exact) mass is 129 g/mol. The van der Waals surface area contributed by atoms with Crippen molar-refractivity contribution in [2.24, 2.45) is 5.92 Å². The van der Waals surface area contributed by atoms with Crippen molar-refractivity contribution in [3.05, 3.63) is 0 Å². The molecule has 9 heavy (non-hydrogen) atoms. The maximum atomic E-state index is 6.92. The van der Waals surface area contributed by atoms with E-state index in [2.05, 4.69) is 13.8 Å². The minimum Gasteiger partial charge on any atom is -0.481 e. The normalized spacial score (nSPS) is 9.78. The van der Waals surface area contributed by atoms with Gasteiger partial charge in [0.05, 0.1) is 6.61 Å². The average molecular weight is 129 g/mol. The lowest BCUT2D eigenvalue weighted by Gasteiger charge is -2.04. The van der Waals surface area contributed by atoms with Crippen LogP contribution in [0, 0.1) is 11.3 Å². The second-order valence-corrected chi connectivity index (χ2v) is 2.59. The molecular weight excluding hydrogens is 114 g/mol. The van der Waals surface area contributed by atoms with Crippen molar-refractivity contribution in [2.45, 2.75) is 27.2 Å². The largest absolute Gasteiger partial charge is 0.481 e. The number of rotatable bonds is 3. The number of ether oxygens (including phenoxy) is 1. The number of hydrogen-bond acceptors (Lipinski definition) is 2. The second kappa shape index (κ2) is 4.36. The highest BCUT2D eigenvalue weighted by Crippen LogP contribution is 1.98. The quantitative estimate of drug-likeness (QED) is 0.459. The van der Waals surface area contributed by atoms with Crippen LogP contribution in [0.5, 0.6) is 0 Å². The molecule has 0 radical (unpaired) electrons. The van der Waals surface area contributed by atoms with E-state index in [0.717, 1.165) is 6.42 Å². The highest BCUT2D eigenvalue weighted by atomic mass is 16.5. The van der Waals surface area contributed by atoms with Gasteiger partial charge in [-0.3, -0.25) is 5.41 Å². The highest BCUT2D eigenvalue weighted by molar-refractivity contribution is 5.69. The summed E-state index contributed by atoms with van der Waals surface area (Å²) in [4.78, 5) is 0. The van der Waals surface area contributed by atoms with E-state index >= 15 is 0 Å². The van der Waals surface area contributed by atoms with E-state index in [0.29, 0.717) is 18.4 Å². The Kier molecular flexibility index (Phi) is 4.10. The lowest BCUT2D eigenvalue weighted by atomic mass is 10.1. The molecule has 0 aromatic carbocycles. The van der Waals surface area contributed by atoms with E-state index in [1.807, 2.05) is 0 Å². The Bertz CT molecular complexity index is 88.9. The summed E-state index contributed by atoms with van der Waals surface area (Å²) in [5.74, 6) is 0.986. The van der Waals surface area contributed by atoms with Gasteiger partial charge in [-0.2, -0.15) is 0 Å². The van der Waals surface area contributed by atoms with Crippen LogP contribution in [0.4, 0.5) is 0 Å². The molecule has 0 amide bonds. The maximum Gasteiger partial charge on any atom is 0.177 e. The Morgan fingerprint density at radius 1 is 1.56 bits per heavy atom. The Morgan fingerprint density at radius 2 is 2.11 bits per heavy atom. The van der Waals surface area contributed by atoms with E-state index in [9.17, 15) is 0 Å². The predicted molar refractivity (Wildman–Crippen MR) is 38.8 cm³/mol. The molecule has 0 unspecified atom stereocenters. The summed E-state index contributed by atoms with van der Waals surface area (Å²) in [5, 5.41) is 6.92. The first kappa shape index (κ1) is 8.47. The third-order valence-electron chi connectivity index (χ3n) is 1.01. The van der Waals surface area contributed by atoms with Crippen LogP contribution in [0.25, 0.3) is 0 Å². The molecule has 0 heterocycles. The van der Waals surface area contributed by atoms with Gasteiger partial charge in [0, 0.05) is 6.92 Å². The van der Waals surface area contributed by atoms with Gasteiger partial charge in [0.2, 0.25) is 0 Å². The average Bonchev–Trinajstić information content (AvgIpc) is 1.63. The van der Waals surface area contributed by atoms with Gasteiger partial charge >= 0.3 is 0 Å². The molecule has 0 rings (SSSR count). The molecule has 1 N–H and O–H groups in total. The SMILES string of the molecule is CC(=N)OCCC(C)C. The Hall–Kier alpha value is -0.530. The molecule has 0 aliphatic rings. The van der Waals surface area contributed by atoms with Gasteiger partial charge in [0.25, 0.3) is 0 Å². The van der Waals surface area contributed by atoms with Crippen molar-refractivity contribution in [1.82, 2.24) is 0 Å². The van der Waals surface area contributed by atoms with E-state index < -0.39 is 0 Å². The van der Waals surface area contributed by atoms with Crippen LogP contribution in [-0.4, -0.2) is 12.5 Å². The van der Waals surface area contributed by atoms with Crippen molar-refractivity contribution in [3.8, 4) is 0 Å².